The zero-order chi connectivity index (χ0) is 22.2. The molecule has 2 N–H and O–H groups in total. The summed E-state index contributed by atoms with van der Waals surface area (Å²) in [7, 11) is 0. The Hall–Kier alpha value is -3.22. The lowest BCUT2D eigenvalue weighted by Gasteiger charge is -2.41. The number of carbonyl (C=O) groups is 2. The van der Waals surface area contributed by atoms with Crippen molar-refractivity contribution in [1.82, 2.24) is 5.32 Å². The second kappa shape index (κ2) is 8.13. The maximum atomic E-state index is 13.9. The molecule has 0 unspecified atom stereocenters. The van der Waals surface area contributed by atoms with Crippen molar-refractivity contribution < 1.29 is 18.7 Å². The van der Waals surface area contributed by atoms with Gasteiger partial charge in [-0.1, -0.05) is 26.0 Å². The first-order chi connectivity index (χ1) is 14.8. The molecule has 162 valence electrons. The highest BCUT2D eigenvalue weighted by molar-refractivity contribution is 6.11. The first kappa shape index (κ1) is 21.0. The lowest BCUT2D eigenvalue weighted by atomic mass is 9.83. The van der Waals surface area contributed by atoms with Gasteiger partial charge in [-0.2, -0.15) is 0 Å². The van der Waals surface area contributed by atoms with Crippen LogP contribution >= 0.6 is 0 Å². The number of fused-ring (bicyclic) bond motifs is 2. The van der Waals surface area contributed by atoms with Crippen molar-refractivity contribution in [2.45, 2.75) is 58.1 Å². The quantitative estimate of drug-likeness (QED) is 0.732. The highest BCUT2D eigenvalue weighted by Gasteiger charge is 2.39. The molecule has 2 aliphatic heterocycles. The van der Waals surface area contributed by atoms with E-state index in [1.807, 2.05) is 26.0 Å². The Morgan fingerprint density at radius 1 is 1.26 bits per heavy atom. The van der Waals surface area contributed by atoms with Crippen molar-refractivity contribution in [3.05, 3.63) is 58.9 Å². The Kier molecular flexibility index (Phi) is 5.52. The molecular formula is C24H26FN3O3. The lowest BCUT2D eigenvalue weighted by Crippen LogP contribution is -2.45. The number of ether oxygens (including phenoxy) is 1. The molecule has 7 heteroatoms. The number of rotatable bonds is 4. The monoisotopic (exact) mass is 423 g/mol. The molecule has 4 rings (SSSR count). The summed E-state index contributed by atoms with van der Waals surface area (Å²) in [6, 6.07) is 9.07. The van der Waals surface area contributed by atoms with E-state index < -0.39 is 17.7 Å². The van der Waals surface area contributed by atoms with E-state index in [0.717, 1.165) is 24.0 Å². The SMILES string of the molecule is CCC1(CC)C[C@@H](NC(=O)Nc2cccc3c2CC(=O)N=C3C)c2cc(F)ccc2O1. The van der Waals surface area contributed by atoms with Crippen molar-refractivity contribution in [3.63, 3.8) is 0 Å². The van der Waals surface area contributed by atoms with Crippen LogP contribution in [0.25, 0.3) is 0 Å². The third-order valence-corrected chi connectivity index (χ3v) is 6.28. The second-order valence-corrected chi connectivity index (χ2v) is 8.13. The summed E-state index contributed by atoms with van der Waals surface area (Å²) in [6.45, 7) is 5.88. The molecule has 2 heterocycles. The van der Waals surface area contributed by atoms with Gasteiger partial charge in [0.15, 0.2) is 0 Å². The van der Waals surface area contributed by atoms with Crippen LogP contribution in [-0.2, 0) is 11.2 Å². The van der Waals surface area contributed by atoms with Gasteiger partial charge < -0.3 is 15.4 Å². The molecule has 0 aromatic heterocycles. The van der Waals surface area contributed by atoms with E-state index in [9.17, 15) is 14.0 Å². The second-order valence-electron chi connectivity index (χ2n) is 8.13. The molecule has 2 aromatic carbocycles. The predicted molar refractivity (Wildman–Crippen MR) is 117 cm³/mol. The number of anilines is 1. The van der Waals surface area contributed by atoms with Crippen molar-refractivity contribution >= 4 is 23.3 Å². The molecule has 31 heavy (non-hydrogen) atoms. The largest absolute Gasteiger partial charge is 0.487 e. The molecule has 0 fully saturated rings. The Labute approximate surface area is 180 Å². The zero-order valence-electron chi connectivity index (χ0n) is 17.9. The van der Waals surface area contributed by atoms with Gasteiger partial charge in [-0.3, -0.25) is 4.79 Å². The Balaban J connectivity index is 1.59. The van der Waals surface area contributed by atoms with Gasteiger partial charge in [-0.25, -0.2) is 14.2 Å². The number of urea groups is 1. The third kappa shape index (κ3) is 4.04. The van der Waals surface area contributed by atoms with E-state index in [1.165, 1.54) is 12.1 Å². The summed E-state index contributed by atoms with van der Waals surface area (Å²) in [5.74, 6) is -0.0132. The van der Waals surface area contributed by atoms with Gasteiger partial charge in [0.2, 0.25) is 5.91 Å². The lowest BCUT2D eigenvalue weighted by molar-refractivity contribution is -0.117. The maximum absolute atomic E-state index is 13.9. The number of nitrogens with zero attached hydrogens (tertiary/aromatic N) is 1. The van der Waals surface area contributed by atoms with E-state index in [4.69, 9.17) is 4.74 Å². The molecular weight excluding hydrogens is 397 g/mol. The maximum Gasteiger partial charge on any atom is 0.319 e. The molecule has 3 amide bonds. The fourth-order valence-electron chi connectivity index (χ4n) is 4.44. The minimum atomic E-state index is -0.422. The van der Waals surface area contributed by atoms with Crippen LogP contribution in [0.2, 0.25) is 0 Å². The van der Waals surface area contributed by atoms with Gasteiger partial charge in [-0.05, 0) is 49.6 Å². The van der Waals surface area contributed by atoms with Crippen LogP contribution in [0.1, 0.15) is 62.8 Å². The highest BCUT2D eigenvalue weighted by Crippen LogP contribution is 2.43. The number of amides is 3. The number of carbonyl (C=O) groups excluding carboxylic acids is 2. The van der Waals surface area contributed by atoms with Gasteiger partial charge in [0.1, 0.15) is 17.2 Å². The van der Waals surface area contributed by atoms with E-state index in [0.29, 0.717) is 29.1 Å². The number of nitrogens with one attached hydrogen (secondary N) is 2. The van der Waals surface area contributed by atoms with Crippen molar-refractivity contribution in [3.8, 4) is 5.75 Å². The molecule has 0 saturated carbocycles. The summed E-state index contributed by atoms with van der Waals surface area (Å²) in [5.41, 5.74) is 3.02. The summed E-state index contributed by atoms with van der Waals surface area (Å²) < 4.78 is 20.2. The minimum Gasteiger partial charge on any atom is -0.487 e. The molecule has 6 nitrogen and oxygen atoms in total. The van der Waals surface area contributed by atoms with Crippen LogP contribution < -0.4 is 15.4 Å². The first-order valence-electron chi connectivity index (χ1n) is 10.6. The highest BCUT2D eigenvalue weighted by atomic mass is 19.1. The van der Waals surface area contributed by atoms with Gasteiger partial charge in [0, 0.05) is 28.9 Å². The van der Waals surface area contributed by atoms with E-state index in [1.54, 1.807) is 19.1 Å². The Bertz CT molecular complexity index is 1080. The van der Waals surface area contributed by atoms with E-state index in [-0.39, 0.29) is 18.1 Å². The molecule has 0 saturated heterocycles. The summed E-state index contributed by atoms with van der Waals surface area (Å²) >= 11 is 0. The predicted octanol–water partition coefficient (Wildman–Crippen LogP) is 4.92. The number of halogens is 1. The van der Waals surface area contributed by atoms with Gasteiger partial charge in [0.25, 0.3) is 0 Å². The van der Waals surface area contributed by atoms with Gasteiger partial charge in [0.05, 0.1) is 12.5 Å². The van der Waals surface area contributed by atoms with Crippen molar-refractivity contribution in [1.29, 1.82) is 0 Å². The molecule has 0 radical (unpaired) electrons. The number of benzene rings is 2. The summed E-state index contributed by atoms with van der Waals surface area (Å²) in [4.78, 5) is 28.9. The van der Waals surface area contributed by atoms with Crippen LogP contribution in [0.3, 0.4) is 0 Å². The van der Waals surface area contributed by atoms with Crippen LogP contribution in [0, 0.1) is 5.82 Å². The fourth-order valence-corrected chi connectivity index (χ4v) is 4.44. The fraction of sp³-hybridized carbons (Fsp3) is 0.375. The summed E-state index contributed by atoms with van der Waals surface area (Å²) in [6.07, 6.45) is 2.23. The number of aliphatic imine (C=N–C) groups is 1. The molecule has 1 atom stereocenters. The minimum absolute atomic E-state index is 0.142. The zero-order valence-corrected chi connectivity index (χ0v) is 17.9. The van der Waals surface area contributed by atoms with Crippen LogP contribution in [0.15, 0.2) is 41.4 Å². The van der Waals surface area contributed by atoms with E-state index >= 15 is 0 Å². The average molecular weight is 423 g/mol. The molecule has 2 aliphatic rings. The normalized spacial score (nSPS) is 18.9. The summed E-state index contributed by atoms with van der Waals surface area (Å²) in [5, 5.41) is 5.87. The Morgan fingerprint density at radius 3 is 2.77 bits per heavy atom. The standard InChI is InChI=1S/C24H26FN3O3/c1-4-24(5-2)13-20(18-11-15(25)9-10-21(18)31-24)28-23(30)27-19-8-6-7-16-14(3)26-22(29)12-17(16)19/h6-11,20H,4-5,12-13H2,1-3H3,(H2,27,28,30)/t20-/m1/s1. The number of hydrogen-bond acceptors (Lipinski definition) is 3. The van der Waals surface area contributed by atoms with Gasteiger partial charge >= 0.3 is 6.03 Å². The first-order valence-corrected chi connectivity index (χ1v) is 10.6. The Morgan fingerprint density at radius 2 is 2.03 bits per heavy atom. The van der Waals surface area contributed by atoms with Gasteiger partial charge in [-0.15, -0.1) is 0 Å². The molecule has 2 aromatic rings. The van der Waals surface area contributed by atoms with Crippen LogP contribution in [0.5, 0.6) is 5.75 Å². The third-order valence-electron chi connectivity index (χ3n) is 6.28. The van der Waals surface area contributed by atoms with Crippen molar-refractivity contribution in [2.75, 3.05) is 5.32 Å². The molecule has 0 spiro atoms. The average Bonchev–Trinajstić information content (AvgIpc) is 2.74. The molecule has 0 bridgehead atoms. The van der Waals surface area contributed by atoms with Crippen LogP contribution in [0.4, 0.5) is 14.9 Å². The van der Waals surface area contributed by atoms with Crippen molar-refractivity contribution in [2.24, 2.45) is 4.99 Å². The smallest absolute Gasteiger partial charge is 0.319 e. The topological polar surface area (TPSA) is 79.8 Å². The van der Waals surface area contributed by atoms with Crippen LogP contribution in [-0.4, -0.2) is 23.3 Å². The number of hydrogen-bond donors (Lipinski definition) is 2. The van der Waals surface area contributed by atoms with E-state index in [2.05, 4.69) is 15.6 Å². The molecule has 0 aliphatic carbocycles.